The third kappa shape index (κ3) is 3.87. The van der Waals surface area contributed by atoms with Crippen molar-refractivity contribution in [3.8, 4) is 0 Å². The minimum atomic E-state index is -0.581. The van der Waals surface area contributed by atoms with Crippen molar-refractivity contribution >= 4 is 40.4 Å². The second-order valence-electron chi connectivity index (χ2n) is 7.86. The Morgan fingerprint density at radius 1 is 1.23 bits per heavy atom. The number of rotatable bonds is 4. The van der Waals surface area contributed by atoms with Crippen LogP contribution in [0.1, 0.15) is 41.0 Å². The van der Waals surface area contributed by atoms with E-state index in [2.05, 4.69) is 15.5 Å². The van der Waals surface area contributed by atoms with Crippen molar-refractivity contribution in [2.24, 2.45) is 0 Å². The van der Waals surface area contributed by atoms with Crippen LogP contribution in [0.2, 0.25) is 0 Å². The molecule has 0 bridgehead atoms. The number of benzene rings is 1. The van der Waals surface area contributed by atoms with E-state index < -0.39 is 5.76 Å². The Kier molecular flexibility index (Phi) is 5.31. The quantitative estimate of drug-likeness (QED) is 0.643. The van der Waals surface area contributed by atoms with Crippen LogP contribution in [0.5, 0.6) is 0 Å². The highest BCUT2D eigenvalue weighted by atomic mass is 32.2. The van der Waals surface area contributed by atoms with Crippen LogP contribution in [0.4, 0.5) is 5.69 Å². The van der Waals surface area contributed by atoms with Crippen molar-refractivity contribution in [3.05, 3.63) is 45.7 Å². The number of H-pyrrole nitrogens is 1. The van der Waals surface area contributed by atoms with Gasteiger partial charge in [-0.15, -0.1) is 0 Å². The van der Waals surface area contributed by atoms with Crippen molar-refractivity contribution in [3.63, 3.8) is 0 Å². The molecule has 4 heterocycles. The van der Waals surface area contributed by atoms with Crippen LogP contribution in [0, 0.1) is 0 Å². The Bertz CT molecular complexity index is 1200. The number of anilines is 1. The molecule has 0 radical (unpaired) electrons. The number of piperidine rings is 1. The third-order valence-electron chi connectivity index (χ3n) is 5.84. The molecular formula is C21H23N5O4S. The van der Waals surface area contributed by atoms with Gasteiger partial charge in [0.15, 0.2) is 11.3 Å². The van der Waals surface area contributed by atoms with E-state index >= 15 is 0 Å². The molecule has 0 spiro atoms. The molecule has 1 aromatic carbocycles. The maximum Gasteiger partial charge on any atom is 0.420 e. The van der Waals surface area contributed by atoms with Crippen LogP contribution in [-0.2, 0) is 23.5 Å². The predicted molar refractivity (Wildman–Crippen MR) is 117 cm³/mol. The molecule has 10 heteroatoms. The first-order valence-electron chi connectivity index (χ1n) is 10.5. The standard InChI is InChI=1S/C21H23N5O4S/c27-18(25-7-2-1-3-8-25)11-26-16-10-13(4-5-17(16)30-21(26)29)22-20(28)19-14-12-31-9-6-15(14)23-24-19/h4-5,10H,1-3,6-9,11-12H2,(H,22,28)(H,23,24). The SMILES string of the molecule is O=C(Nc1ccc2oc(=O)n(CC(=O)N3CCCCC3)c2c1)c1n[nH]c2c1CSCC2. The maximum absolute atomic E-state index is 12.8. The highest BCUT2D eigenvalue weighted by Gasteiger charge is 2.23. The van der Waals surface area contributed by atoms with Crippen LogP contribution >= 0.6 is 11.8 Å². The molecule has 2 N–H and O–H groups in total. The van der Waals surface area contributed by atoms with E-state index in [0.717, 1.165) is 61.5 Å². The average molecular weight is 442 g/mol. The number of fused-ring (bicyclic) bond motifs is 2. The number of thioether (sulfide) groups is 1. The molecule has 3 aromatic rings. The highest BCUT2D eigenvalue weighted by molar-refractivity contribution is 7.98. The van der Waals surface area contributed by atoms with Gasteiger partial charge >= 0.3 is 5.76 Å². The van der Waals surface area contributed by atoms with Gasteiger partial charge in [0.05, 0.1) is 5.52 Å². The minimum absolute atomic E-state index is 0.0761. The lowest BCUT2D eigenvalue weighted by atomic mass is 10.1. The number of nitrogens with zero attached hydrogens (tertiary/aromatic N) is 3. The molecular weight excluding hydrogens is 418 g/mol. The van der Waals surface area contributed by atoms with E-state index in [1.165, 1.54) is 4.57 Å². The van der Waals surface area contributed by atoms with Gasteiger partial charge in [-0.2, -0.15) is 16.9 Å². The summed E-state index contributed by atoms with van der Waals surface area (Å²) >= 11 is 1.78. The molecule has 2 aliphatic heterocycles. The fraction of sp³-hybridized carbons (Fsp3) is 0.429. The number of likely N-dealkylation sites (tertiary alicyclic amines) is 1. The number of oxazole rings is 1. The number of aromatic amines is 1. The number of aryl methyl sites for hydroxylation is 1. The lowest BCUT2D eigenvalue weighted by Gasteiger charge is -2.26. The predicted octanol–water partition coefficient (Wildman–Crippen LogP) is 2.37. The molecule has 1 fully saturated rings. The zero-order valence-corrected chi connectivity index (χ0v) is 17.8. The largest absolute Gasteiger partial charge is 0.420 e. The van der Waals surface area contributed by atoms with E-state index in [4.69, 9.17) is 4.42 Å². The number of amides is 2. The van der Waals surface area contributed by atoms with Gasteiger partial charge in [-0.05, 0) is 49.6 Å². The van der Waals surface area contributed by atoms with Crippen LogP contribution in [0.15, 0.2) is 27.4 Å². The Hall–Kier alpha value is -3.01. The summed E-state index contributed by atoms with van der Waals surface area (Å²) < 4.78 is 6.63. The summed E-state index contributed by atoms with van der Waals surface area (Å²) in [6, 6.07) is 4.97. The molecule has 0 atom stereocenters. The summed E-state index contributed by atoms with van der Waals surface area (Å²) in [5, 5.41) is 10.0. The van der Waals surface area contributed by atoms with Crippen LogP contribution in [0.3, 0.4) is 0 Å². The topological polar surface area (TPSA) is 113 Å². The monoisotopic (exact) mass is 441 g/mol. The second-order valence-corrected chi connectivity index (χ2v) is 8.97. The number of carbonyl (C=O) groups is 2. The maximum atomic E-state index is 12.8. The van der Waals surface area contributed by atoms with Gasteiger partial charge in [0, 0.05) is 35.8 Å². The number of hydrogen-bond donors (Lipinski definition) is 2. The summed E-state index contributed by atoms with van der Waals surface area (Å²) in [5.41, 5.74) is 3.72. The summed E-state index contributed by atoms with van der Waals surface area (Å²) in [4.78, 5) is 39.6. The Morgan fingerprint density at radius 2 is 2.06 bits per heavy atom. The Morgan fingerprint density at radius 3 is 2.90 bits per heavy atom. The molecule has 5 rings (SSSR count). The average Bonchev–Trinajstić information content (AvgIpc) is 3.35. The fourth-order valence-electron chi connectivity index (χ4n) is 4.16. The van der Waals surface area contributed by atoms with Crippen molar-refractivity contribution in [1.29, 1.82) is 0 Å². The van der Waals surface area contributed by atoms with Crippen molar-refractivity contribution in [2.75, 3.05) is 24.2 Å². The molecule has 2 aromatic heterocycles. The molecule has 162 valence electrons. The van der Waals surface area contributed by atoms with Gasteiger partial charge in [-0.3, -0.25) is 19.3 Å². The molecule has 0 unspecified atom stereocenters. The normalized spacial score (nSPS) is 16.3. The first-order chi connectivity index (χ1) is 15.1. The highest BCUT2D eigenvalue weighted by Crippen LogP contribution is 2.26. The first-order valence-corrected chi connectivity index (χ1v) is 11.6. The molecule has 9 nitrogen and oxygen atoms in total. The molecule has 31 heavy (non-hydrogen) atoms. The first kappa shape index (κ1) is 19.9. The Labute approximate surface area is 182 Å². The second kappa shape index (κ2) is 8.26. The van der Waals surface area contributed by atoms with E-state index in [-0.39, 0.29) is 18.4 Å². The summed E-state index contributed by atoms with van der Waals surface area (Å²) in [6.45, 7) is 1.36. The van der Waals surface area contributed by atoms with Crippen molar-refractivity contribution in [2.45, 2.75) is 38.0 Å². The van der Waals surface area contributed by atoms with Gasteiger partial charge in [0.25, 0.3) is 5.91 Å². The summed E-state index contributed by atoms with van der Waals surface area (Å²) in [7, 11) is 0. The third-order valence-corrected chi connectivity index (χ3v) is 6.82. The van der Waals surface area contributed by atoms with Crippen LogP contribution < -0.4 is 11.1 Å². The zero-order valence-electron chi connectivity index (χ0n) is 17.0. The molecule has 1 saturated heterocycles. The number of aromatic nitrogens is 3. The smallest absolute Gasteiger partial charge is 0.408 e. The van der Waals surface area contributed by atoms with Crippen LogP contribution in [0.25, 0.3) is 11.1 Å². The number of nitrogens with one attached hydrogen (secondary N) is 2. The zero-order chi connectivity index (χ0) is 21.4. The minimum Gasteiger partial charge on any atom is -0.408 e. The number of carbonyl (C=O) groups excluding carboxylic acids is 2. The number of hydrogen-bond acceptors (Lipinski definition) is 6. The lowest BCUT2D eigenvalue weighted by Crippen LogP contribution is -2.39. The lowest BCUT2D eigenvalue weighted by molar-refractivity contribution is -0.132. The Balaban J connectivity index is 1.38. The van der Waals surface area contributed by atoms with Gasteiger partial charge in [-0.25, -0.2) is 4.79 Å². The van der Waals surface area contributed by atoms with E-state index in [0.29, 0.717) is 22.5 Å². The molecule has 0 aliphatic carbocycles. The van der Waals surface area contributed by atoms with Gasteiger partial charge in [0.1, 0.15) is 6.54 Å². The van der Waals surface area contributed by atoms with Gasteiger partial charge in [0.2, 0.25) is 5.91 Å². The van der Waals surface area contributed by atoms with Crippen molar-refractivity contribution in [1.82, 2.24) is 19.7 Å². The van der Waals surface area contributed by atoms with Gasteiger partial charge in [-0.1, -0.05) is 0 Å². The van der Waals surface area contributed by atoms with E-state index in [1.54, 1.807) is 34.9 Å². The molecule has 0 saturated carbocycles. The van der Waals surface area contributed by atoms with Crippen molar-refractivity contribution < 1.29 is 14.0 Å². The summed E-state index contributed by atoms with van der Waals surface area (Å²) in [5.74, 6) is 0.789. The van der Waals surface area contributed by atoms with Gasteiger partial charge < -0.3 is 14.6 Å². The fourth-order valence-corrected chi connectivity index (χ4v) is 5.17. The molecule has 2 amide bonds. The van der Waals surface area contributed by atoms with Crippen LogP contribution in [-0.4, -0.2) is 50.3 Å². The molecule has 2 aliphatic rings. The van der Waals surface area contributed by atoms with E-state index in [1.807, 2.05) is 0 Å². The van der Waals surface area contributed by atoms with E-state index in [9.17, 15) is 14.4 Å². The summed E-state index contributed by atoms with van der Waals surface area (Å²) in [6.07, 6.45) is 3.97.